The van der Waals surface area contributed by atoms with Gasteiger partial charge in [0.25, 0.3) is 0 Å². The van der Waals surface area contributed by atoms with Gasteiger partial charge in [0.05, 0.1) is 11.5 Å². The van der Waals surface area contributed by atoms with Crippen LogP contribution in [-0.4, -0.2) is 32.5 Å². The van der Waals surface area contributed by atoms with Crippen LogP contribution in [0.1, 0.15) is 40.0 Å². The van der Waals surface area contributed by atoms with Gasteiger partial charge in [0.1, 0.15) is 0 Å². The zero-order valence-electron chi connectivity index (χ0n) is 10.7. The molecule has 3 nitrogen and oxygen atoms in total. The maximum atomic E-state index is 11.3. The monoisotopic (exact) mass is 247 g/mol. The van der Waals surface area contributed by atoms with Crippen LogP contribution in [0.2, 0.25) is 0 Å². The predicted molar refractivity (Wildman–Crippen MR) is 68.3 cm³/mol. The molecule has 0 aromatic heterocycles. The molecule has 16 heavy (non-hydrogen) atoms. The third-order valence-electron chi connectivity index (χ3n) is 3.26. The van der Waals surface area contributed by atoms with Gasteiger partial charge >= 0.3 is 0 Å². The highest BCUT2D eigenvalue weighted by Gasteiger charge is 2.27. The molecule has 0 aliphatic carbocycles. The minimum absolute atomic E-state index is 0.339. The Kier molecular flexibility index (Phi) is 5.25. The lowest BCUT2D eigenvalue weighted by atomic mass is 10.0. The van der Waals surface area contributed by atoms with Crippen molar-refractivity contribution in [3.63, 3.8) is 0 Å². The lowest BCUT2D eigenvalue weighted by molar-refractivity contribution is 0.418. The Labute approximate surface area is 99.9 Å². The molecule has 2 atom stereocenters. The summed E-state index contributed by atoms with van der Waals surface area (Å²) in [6.45, 7) is 7.51. The van der Waals surface area contributed by atoms with E-state index in [-0.39, 0.29) is 0 Å². The summed E-state index contributed by atoms with van der Waals surface area (Å²) in [6.07, 6.45) is 3.25. The first-order valence-electron chi connectivity index (χ1n) is 6.33. The third kappa shape index (κ3) is 5.30. The zero-order chi connectivity index (χ0) is 12.2. The second-order valence-electron chi connectivity index (χ2n) is 5.55. The lowest BCUT2D eigenvalue weighted by Crippen LogP contribution is -2.31. The SMILES string of the molecule is CC(C)CCC(C)NCC1CCS(=O)(=O)C1. The number of nitrogens with one attached hydrogen (secondary N) is 1. The Balaban J connectivity index is 2.15. The topological polar surface area (TPSA) is 46.2 Å². The molecule has 1 rings (SSSR count). The van der Waals surface area contributed by atoms with Crippen LogP contribution in [0, 0.1) is 11.8 Å². The molecule has 0 bridgehead atoms. The van der Waals surface area contributed by atoms with Crippen LogP contribution >= 0.6 is 0 Å². The first-order chi connectivity index (χ1) is 7.39. The minimum Gasteiger partial charge on any atom is -0.314 e. The molecular formula is C12H25NO2S. The van der Waals surface area contributed by atoms with E-state index in [9.17, 15) is 8.42 Å². The molecule has 1 heterocycles. The van der Waals surface area contributed by atoms with Gasteiger partial charge in [-0.3, -0.25) is 0 Å². The fourth-order valence-electron chi connectivity index (χ4n) is 2.09. The summed E-state index contributed by atoms with van der Waals surface area (Å²) in [5.41, 5.74) is 0. The highest BCUT2D eigenvalue weighted by Crippen LogP contribution is 2.17. The average Bonchev–Trinajstić information content (AvgIpc) is 2.52. The fourth-order valence-corrected chi connectivity index (χ4v) is 3.95. The molecule has 1 fully saturated rings. The maximum Gasteiger partial charge on any atom is 0.150 e. The lowest BCUT2D eigenvalue weighted by Gasteiger charge is -2.17. The molecule has 0 radical (unpaired) electrons. The van der Waals surface area contributed by atoms with Crippen molar-refractivity contribution < 1.29 is 8.42 Å². The molecule has 0 spiro atoms. The Morgan fingerprint density at radius 1 is 1.25 bits per heavy atom. The molecule has 1 aliphatic heterocycles. The van der Waals surface area contributed by atoms with Crippen LogP contribution in [0.3, 0.4) is 0 Å². The minimum atomic E-state index is -2.71. The van der Waals surface area contributed by atoms with E-state index in [1.807, 2.05) is 0 Å². The summed E-state index contributed by atoms with van der Waals surface area (Å²) in [4.78, 5) is 0. The Bertz CT molecular complexity index is 298. The summed E-state index contributed by atoms with van der Waals surface area (Å²) in [6, 6.07) is 0.505. The van der Waals surface area contributed by atoms with Crippen molar-refractivity contribution in [2.75, 3.05) is 18.1 Å². The molecule has 96 valence electrons. The van der Waals surface area contributed by atoms with Gasteiger partial charge in [-0.1, -0.05) is 13.8 Å². The molecule has 1 aliphatic rings. The Morgan fingerprint density at radius 2 is 1.94 bits per heavy atom. The van der Waals surface area contributed by atoms with E-state index in [4.69, 9.17) is 0 Å². The van der Waals surface area contributed by atoms with Gasteiger partial charge in [0, 0.05) is 6.04 Å². The van der Waals surface area contributed by atoms with E-state index in [0.29, 0.717) is 23.5 Å². The van der Waals surface area contributed by atoms with E-state index in [1.54, 1.807) is 0 Å². The van der Waals surface area contributed by atoms with E-state index >= 15 is 0 Å². The van der Waals surface area contributed by atoms with Crippen molar-refractivity contribution in [1.29, 1.82) is 0 Å². The largest absolute Gasteiger partial charge is 0.314 e. The van der Waals surface area contributed by atoms with E-state index < -0.39 is 9.84 Å². The number of hydrogen-bond acceptors (Lipinski definition) is 3. The van der Waals surface area contributed by atoms with Crippen molar-refractivity contribution >= 4 is 9.84 Å². The Hall–Kier alpha value is -0.0900. The molecule has 0 amide bonds. The smallest absolute Gasteiger partial charge is 0.150 e. The van der Waals surface area contributed by atoms with Crippen LogP contribution in [0.15, 0.2) is 0 Å². The van der Waals surface area contributed by atoms with Crippen molar-refractivity contribution in [2.24, 2.45) is 11.8 Å². The average molecular weight is 247 g/mol. The molecule has 4 heteroatoms. The molecular weight excluding hydrogens is 222 g/mol. The van der Waals surface area contributed by atoms with E-state index in [1.165, 1.54) is 12.8 Å². The molecule has 0 aromatic rings. The molecule has 1 N–H and O–H groups in total. The number of rotatable bonds is 6. The molecule has 2 unspecified atom stereocenters. The molecule has 0 aromatic carbocycles. The number of sulfone groups is 1. The zero-order valence-corrected chi connectivity index (χ0v) is 11.5. The summed E-state index contributed by atoms with van der Waals surface area (Å²) < 4.78 is 22.5. The van der Waals surface area contributed by atoms with Gasteiger partial charge in [-0.2, -0.15) is 0 Å². The Morgan fingerprint density at radius 3 is 2.44 bits per heavy atom. The van der Waals surface area contributed by atoms with Gasteiger partial charge in [-0.15, -0.1) is 0 Å². The first-order valence-corrected chi connectivity index (χ1v) is 8.15. The third-order valence-corrected chi connectivity index (χ3v) is 5.10. The van der Waals surface area contributed by atoms with Gasteiger partial charge in [0.15, 0.2) is 9.84 Å². The standard InChI is InChI=1S/C12H25NO2S/c1-10(2)4-5-11(3)13-8-12-6-7-16(14,15)9-12/h10-13H,4-9H2,1-3H3. The maximum absolute atomic E-state index is 11.3. The van der Waals surface area contributed by atoms with Crippen molar-refractivity contribution in [3.05, 3.63) is 0 Å². The predicted octanol–water partition coefficient (Wildman–Crippen LogP) is 1.84. The quantitative estimate of drug-likeness (QED) is 0.779. The van der Waals surface area contributed by atoms with Crippen molar-refractivity contribution in [3.8, 4) is 0 Å². The van der Waals surface area contributed by atoms with Gasteiger partial charge in [-0.25, -0.2) is 8.42 Å². The number of hydrogen-bond donors (Lipinski definition) is 1. The highest BCUT2D eigenvalue weighted by atomic mass is 32.2. The summed E-state index contributed by atoms with van der Waals surface area (Å²) in [7, 11) is -2.71. The second-order valence-corrected chi connectivity index (χ2v) is 7.78. The summed E-state index contributed by atoms with van der Waals surface area (Å²) in [5, 5.41) is 3.45. The van der Waals surface area contributed by atoms with Crippen molar-refractivity contribution in [2.45, 2.75) is 46.1 Å². The van der Waals surface area contributed by atoms with Crippen LogP contribution in [0.25, 0.3) is 0 Å². The second kappa shape index (κ2) is 6.01. The summed E-state index contributed by atoms with van der Waals surface area (Å²) in [5.74, 6) is 1.86. The molecule has 0 saturated carbocycles. The first kappa shape index (κ1) is 14.0. The normalized spacial score (nSPS) is 26.1. The van der Waals surface area contributed by atoms with Gasteiger partial charge < -0.3 is 5.32 Å². The van der Waals surface area contributed by atoms with Gasteiger partial charge in [-0.05, 0) is 44.6 Å². The fraction of sp³-hybridized carbons (Fsp3) is 1.00. The van der Waals surface area contributed by atoms with Crippen LogP contribution in [-0.2, 0) is 9.84 Å². The highest BCUT2D eigenvalue weighted by molar-refractivity contribution is 7.91. The van der Waals surface area contributed by atoms with Crippen molar-refractivity contribution in [1.82, 2.24) is 5.32 Å². The van der Waals surface area contributed by atoms with E-state index in [0.717, 1.165) is 18.9 Å². The van der Waals surface area contributed by atoms with Crippen LogP contribution in [0.4, 0.5) is 0 Å². The summed E-state index contributed by atoms with van der Waals surface area (Å²) >= 11 is 0. The van der Waals surface area contributed by atoms with Crippen LogP contribution in [0.5, 0.6) is 0 Å². The van der Waals surface area contributed by atoms with Gasteiger partial charge in [0.2, 0.25) is 0 Å². The molecule has 1 saturated heterocycles. The van der Waals surface area contributed by atoms with Crippen LogP contribution < -0.4 is 5.32 Å². The van der Waals surface area contributed by atoms with E-state index in [2.05, 4.69) is 26.1 Å².